The molecular formula is C8H10N4O4. The number of hydrazine groups is 1. The van der Waals surface area contributed by atoms with Gasteiger partial charge >= 0.3 is 5.97 Å². The van der Waals surface area contributed by atoms with Gasteiger partial charge in [-0.1, -0.05) is 0 Å². The van der Waals surface area contributed by atoms with Gasteiger partial charge in [-0.05, 0) is 0 Å². The molecule has 8 heteroatoms. The predicted octanol–water partition coefficient (Wildman–Crippen LogP) is -0.323. The molecule has 0 saturated carbocycles. The van der Waals surface area contributed by atoms with E-state index < -0.39 is 11.0 Å². The topological polar surface area (TPSA) is 90.5 Å². The first kappa shape index (κ1) is 10.4. The summed E-state index contributed by atoms with van der Waals surface area (Å²) in [5.41, 5.74) is 0.183. The van der Waals surface area contributed by atoms with Gasteiger partial charge in [-0.3, -0.25) is 0 Å². The largest absolute Gasteiger partial charge is 0.464 e. The summed E-state index contributed by atoms with van der Waals surface area (Å²) in [5.74, 6) is -0.0297. The second kappa shape index (κ2) is 3.80. The highest BCUT2D eigenvalue weighted by Crippen LogP contribution is 2.13. The number of aromatic nitrogens is 2. The lowest BCUT2D eigenvalue weighted by atomic mass is 10.4. The van der Waals surface area contributed by atoms with E-state index in [9.17, 15) is 14.9 Å². The maximum absolute atomic E-state index is 11.2. The number of nitrogens with zero attached hydrogens (tertiary/aromatic N) is 4. The number of nitro groups is 1. The average molecular weight is 226 g/mol. The molecule has 0 aliphatic carbocycles. The van der Waals surface area contributed by atoms with E-state index in [2.05, 4.69) is 9.72 Å². The van der Waals surface area contributed by atoms with Gasteiger partial charge in [0.25, 0.3) is 0 Å². The number of esters is 1. The molecule has 0 bridgehead atoms. The third-order valence-corrected chi connectivity index (χ3v) is 2.41. The van der Waals surface area contributed by atoms with Crippen molar-refractivity contribution in [1.29, 1.82) is 0 Å². The molecule has 0 atom stereocenters. The van der Waals surface area contributed by atoms with Crippen LogP contribution in [0.25, 0.3) is 0 Å². The third kappa shape index (κ3) is 1.69. The van der Waals surface area contributed by atoms with Gasteiger partial charge in [0.05, 0.1) is 13.7 Å². The van der Waals surface area contributed by atoms with Gasteiger partial charge in [-0.25, -0.2) is 19.9 Å². The molecule has 1 aromatic rings. The molecule has 1 aliphatic rings. The van der Waals surface area contributed by atoms with Gasteiger partial charge < -0.3 is 9.30 Å². The molecule has 0 radical (unpaired) electrons. The van der Waals surface area contributed by atoms with Crippen LogP contribution in [0.15, 0.2) is 6.20 Å². The van der Waals surface area contributed by atoms with Crippen molar-refractivity contribution in [2.45, 2.75) is 13.1 Å². The number of hydrogen-bond acceptors (Lipinski definition) is 5. The zero-order chi connectivity index (χ0) is 11.7. The molecule has 0 aromatic carbocycles. The minimum Gasteiger partial charge on any atom is -0.464 e. The first-order valence-electron chi connectivity index (χ1n) is 4.65. The number of methoxy groups -OCH3 is 1. The summed E-state index contributed by atoms with van der Waals surface area (Å²) in [6.07, 6.45) is 1.55. The number of rotatable bonds is 2. The summed E-state index contributed by atoms with van der Waals surface area (Å²) in [7, 11) is 1.27. The number of carbonyl (C=O) groups excluding carboxylic acids is 1. The quantitative estimate of drug-likeness (QED) is 0.390. The molecule has 8 nitrogen and oxygen atoms in total. The SMILES string of the molecule is COC(=O)c1cn2c(n1)CN([N+](=O)[O-])CC2. The smallest absolute Gasteiger partial charge is 0.358 e. The normalized spacial score (nSPS) is 14.4. The Kier molecular flexibility index (Phi) is 2.47. The Bertz CT molecular complexity index is 441. The first-order chi connectivity index (χ1) is 7.61. The van der Waals surface area contributed by atoms with Crippen LogP contribution >= 0.6 is 0 Å². The minimum absolute atomic E-state index is 0.101. The molecule has 16 heavy (non-hydrogen) atoms. The lowest BCUT2D eigenvalue weighted by Crippen LogP contribution is -2.37. The average Bonchev–Trinajstić information content (AvgIpc) is 2.70. The maximum atomic E-state index is 11.2. The highest BCUT2D eigenvalue weighted by Gasteiger charge is 2.25. The lowest BCUT2D eigenvalue weighted by molar-refractivity contribution is -0.661. The van der Waals surface area contributed by atoms with Crippen molar-refractivity contribution < 1.29 is 14.6 Å². The van der Waals surface area contributed by atoms with Crippen LogP contribution in [-0.2, 0) is 17.8 Å². The molecular weight excluding hydrogens is 216 g/mol. The summed E-state index contributed by atoms with van der Waals surface area (Å²) < 4.78 is 6.25. The monoisotopic (exact) mass is 226 g/mol. The van der Waals surface area contributed by atoms with Gasteiger partial charge in [0.15, 0.2) is 10.7 Å². The van der Waals surface area contributed by atoms with Crippen LogP contribution < -0.4 is 0 Å². The van der Waals surface area contributed by atoms with E-state index in [4.69, 9.17) is 0 Å². The van der Waals surface area contributed by atoms with Crippen LogP contribution in [-0.4, -0.2) is 39.2 Å². The third-order valence-electron chi connectivity index (χ3n) is 2.41. The van der Waals surface area contributed by atoms with Crippen molar-refractivity contribution in [3.05, 3.63) is 27.8 Å². The van der Waals surface area contributed by atoms with Gasteiger partial charge in [0, 0.05) is 12.7 Å². The van der Waals surface area contributed by atoms with E-state index >= 15 is 0 Å². The van der Waals surface area contributed by atoms with Crippen LogP contribution in [0.5, 0.6) is 0 Å². The van der Waals surface area contributed by atoms with Crippen molar-refractivity contribution in [3.8, 4) is 0 Å². The zero-order valence-electron chi connectivity index (χ0n) is 8.62. The van der Waals surface area contributed by atoms with Crippen LogP contribution in [0, 0.1) is 10.1 Å². The van der Waals surface area contributed by atoms with Crippen molar-refractivity contribution in [2.75, 3.05) is 13.7 Å². The van der Waals surface area contributed by atoms with Crippen molar-refractivity contribution in [2.24, 2.45) is 0 Å². The molecule has 0 N–H and O–H groups in total. The van der Waals surface area contributed by atoms with Crippen LogP contribution in [0.3, 0.4) is 0 Å². The fraction of sp³-hybridized carbons (Fsp3) is 0.500. The minimum atomic E-state index is -0.533. The highest BCUT2D eigenvalue weighted by atomic mass is 16.7. The van der Waals surface area contributed by atoms with Crippen molar-refractivity contribution >= 4 is 5.97 Å². The van der Waals surface area contributed by atoms with Gasteiger partial charge in [0.2, 0.25) is 0 Å². The number of imidazole rings is 1. The molecule has 1 aromatic heterocycles. The molecule has 1 aliphatic heterocycles. The van der Waals surface area contributed by atoms with Gasteiger partial charge in [0.1, 0.15) is 12.4 Å². The summed E-state index contributed by atoms with van der Waals surface area (Å²) in [5, 5.41) is 11.2. The van der Waals surface area contributed by atoms with Crippen molar-refractivity contribution in [3.63, 3.8) is 0 Å². The molecule has 0 saturated heterocycles. The Morgan fingerprint density at radius 1 is 1.62 bits per heavy atom. The Labute approximate surface area is 90.5 Å². The van der Waals surface area contributed by atoms with E-state index in [0.717, 1.165) is 5.01 Å². The Morgan fingerprint density at radius 3 is 3.00 bits per heavy atom. The van der Waals surface area contributed by atoms with Crippen LogP contribution in [0.4, 0.5) is 0 Å². The molecule has 86 valence electrons. The van der Waals surface area contributed by atoms with E-state index in [1.54, 1.807) is 10.8 Å². The van der Waals surface area contributed by atoms with E-state index in [1.165, 1.54) is 7.11 Å². The molecule has 0 fully saturated rings. The maximum Gasteiger partial charge on any atom is 0.358 e. The lowest BCUT2D eigenvalue weighted by Gasteiger charge is -2.20. The van der Waals surface area contributed by atoms with Gasteiger partial charge in [-0.15, -0.1) is 5.01 Å². The highest BCUT2D eigenvalue weighted by molar-refractivity contribution is 5.86. The molecule has 0 spiro atoms. The Morgan fingerprint density at radius 2 is 2.38 bits per heavy atom. The van der Waals surface area contributed by atoms with E-state index in [1.807, 2.05) is 0 Å². The van der Waals surface area contributed by atoms with E-state index in [0.29, 0.717) is 18.9 Å². The molecule has 2 heterocycles. The molecule has 0 unspecified atom stereocenters. The van der Waals surface area contributed by atoms with Crippen LogP contribution in [0.1, 0.15) is 16.3 Å². The zero-order valence-corrected chi connectivity index (χ0v) is 8.62. The predicted molar refractivity (Wildman–Crippen MR) is 51.0 cm³/mol. The second-order valence-corrected chi connectivity index (χ2v) is 3.35. The summed E-state index contributed by atoms with van der Waals surface area (Å²) in [4.78, 5) is 25.8. The molecule has 2 rings (SSSR count). The second-order valence-electron chi connectivity index (χ2n) is 3.35. The number of ether oxygens (including phenoxy) is 1. The summed E-state index contributed by atoms with van der Waals surface area (Å²) in [6, 6.07) is 0. The summed E-state index contributed by atoms with van der Waals surface area (Å²) in [6.45, 7) is 0.848. The number of hydrogen-bond donors (Lipinski definition) is 0. The fourth-order valence-electron chi connectivity index (χ4n) is 1.58. The summed E-state index contributed by atoms with van der Waals surface area (Å²) >= 11 is 0. The fourth-order valence-corrected chi connectivity index (χ4v) is 1.58. The first-order valence-corrected chi connectivity index (χ1v) is 4.65. The number of carbonyl (C=O) groups is 1. The number of fused-ring (bicyclic) bond motifs is 1. The Balaban J connectivity index is 2.23. The molecule has 0 amide bonds. The van der Waals surface area contributed by atoms with Crippen LogP contribution in [0.2, 0.25) is 0 Å². The Hall–Kier alpha value is -2.12. The van der Waals surface area contributed by atoms with E-state index in [-0.39, 0.29) is 12.2 Å². The van der Waals surface area contributed by atoms with Gasteiger partial charge in [-0.2, -0.15) is 0 Å². The van der Waals surface area contributed by atoms with Crippen molar-refractivity contribution in [1.82, 2.24) is 14.6 Å². The standard InChI is InChI=1S/C8H10N4O4/c1-16-8(13)6-4-10-2-3-11(12(14)15)5-7(10)9-6/h4H,2-3,5H2,1H3.